The molecule has 5 heteroatoms. The molecule has 1 atom stereocenters. The summed E-state index contributed by atoms with van der Waals surface area (Å²) in [5, 5.41) is 0.831. The molecule has 1 unspecified atom stereocenters. The summed E-state index contributed by atoms with van der Waals surface area (Å²) in [6.07, 6.45) is 3.34. The molecule has 1 aliphatic rings. The number of hydrogen-bond acceptors (Lipinski definition) is 3. The standard InChI is InChI=1S/C13H16BrN3S/c1-16(10-5-7-18-9-10)13-11(8-14)17-6-3-2-4-12(17)15-13/h2-4,6,10H,5,7-9H2,1H3. The summed E-state index contributed by atoms with van der Waals surface area (Å²) in [5.41, 5.74) is 2.27. The van der Waals surface area contributed by atoms with Gasteiger partial charge in [0.15, 0.2) is 5.82 Å². The number of alkyl halides is 1. The Balaban J connectivity index is 2.04. The molecule has 0 spiro atoms. The lowest BCUT2D eigenvalue weighted by molar-refractivity contribution is 0.691. The Labute approximate surface area is 120 Å². The minimum Gasteiger partial charge on any atom is -0.354 e. The normalized spacial score (nSPS) is 19.6. The molecule has 0 saturated carbocycles. The average Bonchev–Trinajstić information content (AvgIpc) is 3.04. The molecular weight excluding hydrogens is 310 g/mol. The maximum atomic E-state index is 4.78. The van der Waals surface area contributed by atoms with Crippen LogP contribution in [-0.4, -0.2) is 34.0 Å². The Kier molecular flexibility index (Phi) is 3.52. The van der Waals surface area contributed by atoms with Crippen molar-refractivity contribution in [1.29, 1.82) is 0 Å². The van der Waals surface area contributed by atoms with E-state index >= 15 is 0 Å². The van der Waals surface area contributed by atoms with Gasteiger partial charge in [-0.05, 0) is 24.3 Å². The van der Waals surface area contributed by atoms with Crippen LogP contribution < -0.4 is 4.90 Å². The predicted molar refractivity (Wildman–Crippen MR) is 82.0 cm³/mol. The SMILES string of the molecule is CN(c1nc2ccccn2c1CBr)C1CCSC1. The summed E-state index contributed by atoms with van der Waals surface area (Å²) in [5.74, 6) is 3.60. The highest BCUT2D eigenvalue weighted by Gasteiger charge is 2.24. The molecule has 1 fully saturated rings. The molecule has 0 bridgehead atoms. The number of nitrogens with zero attached hydrogens (tertiary/aromatic N) is 3. The van der Waals surface area contributed by atoms with Gasteiger partial charge in [-0.15, -0.1) is 0 Å². The van der Waals surface area contributed by atoms with Crippen molar-refractivity contribution in [3.8, 4) is 0 Å². The highest BCUT2D eigenvalue weighted by atomic mass is 79.9. The van der Waals surface area contributed by atoms with Gasteiger partial charge >= 0.3 is 0 Å². The lowest BCUT2D eigenvalue weighted by Gasteiger charge is -2.24. The third-order valence-electron chi connectivity index (χ3n) is 3.52. The van der Waals surface area contributed by atoms with Crippen molar-refractivity contribution in [2.45, 2.75) is 17.8 Å². The van der Waals surface area contributed by atoms with E-state index in [9.17, 15) is 0 Å². The molecule has 18 heavy (non-hydrogen) atoms. The highest BCUT2D eigenvalue weighted by molar-refractivity contribution is 9.08. The van der Waals surface area contributed by atoms with Crippen molar-refractivity contribution in [3.63, 3.8) is 0 Å². The van der Waals surface area contributed by atoms with E-state index in [4.69, 9.17) is 4.98 Å². The molecule has 96 valence electrons. The van der Waals surface area contributed by atoms with Crippen molar-refractivity contribution < 1.29 is 0 Å². The third-order valence-corrected chi connectivity index (χ3v) is 5.20. The zero-order valence-electron chi connectivity index (χ0n) is 10.3. The molecule has 0 amide bonds. The van der Waals surface area contributed by atoms with E-state index in [-0.39, 0.29) is 0 Å². The van der Waals surface area contributed by atoms with Crippen LogP contribution >= 0.6 is 27.7 Å². The van der Waals surface area contributed by atoms with Gasteiger partial charge in [-0.3, -0.25) is 0 Å². The maximum Gasteiger partial charge on any atom is 0.152 e. The van der Waals surface area contributed by atoms with Gasteiger partial charge in [0.05, 0.1) is 5.69 Å². The Morgan fingerprint density at radius 1 is 1.56 bits per heavy atom. The Hall–Kier alpha value is -0.680. The number of halogens is 1. The first-order valence-corrected chi connectivity index (χ1v) is 8.41. The third kappa shape index (κ3) is 2.03. The first kappa shape index (κ1) is 12.4. The highest BCUT2D eigenvalue weighted by Crippen LogP contribution is 2.29. The van der Waals surface area contributed by atoms with Gasteiger partial charge in [-0.1, -0.05) is 22.0 Å². The van der Waals surface area contributed by atoms with Gasteiger partial charge in [0.25, 0.3) is 0 Å². The Morgan fingerprint density at radius 3 is 3.17 bits per heavy atom. The van der Waals surface area contributed by atoms with Crippen LogP contribution in [0.3, 0.4) is 0 Å². The van der Waals surface area contributed by atoms with Crippen LogP contribution in [0.2, 0.25) is 0 Å². The minimum atomic E-state index is 0.623. The zero-order valence-corrected chi connectivity index (χ0v) is 12.7. The van der Waals surface area contributed by atoms with E-state index in [0.717, 1.165) is 16.8 Å². The van der Waals surface area contributed by atoms with Crippen molar-refractivity contribution in [3.05, 3.63) is 30.1 Å². The molecule has 0 aliphatic carbocycles. The second-order valence-corrected chi connectivity index (χ2v) is 6.28. The maximum absolute atomic E-state index is 4.78. The number of fused-ring (bicyclic) bond motifs is 1. The number of aromatic nitrogens is 2. The molecule has 2 aromatic heterocycles. The predicted octanol–water partition coefficient (Wildman–Crippen LogP) is 3.17. The molecule has 3 nitrogen and oxygen atoms in total. The summed E-state index contributed by atoms with van der Waals surface area (Å²) >= 11 is 5.63. The minimum absolute atomic E-state index is 0.623. The van der Waals surface area contributed by atoms with Crippen molar-refractivity contribution in [2.24, 2.45) is 0 Å². The Morgan fingerprint density at radius 2 is 2.44 bits per heavy atom. The molecule has 3 heterocycles. The van der Waals surface area contributed by atoms with Crippen LogP contribution in [0.1, 0.15) is 12.1 Å². The monoisotopic (exact) mass is 325 g/mol. The summed E-state index contributed by atoms with van der Waals surface area (Å²) in [6, 6.07) is 6.77. The molecule has 0 radical (unpaired) electrons. The summed E-state index contributed by atoms with van der Waals surface area (Å²) in [6.45, 7) is 0. The van der Waals surface area contributed by atoms with Crippen LogP contribution in [0.4, 0.5) is 5.82 Å². The first-order valence-electron chi connectivity index (χ1n) is 6.13. The molecule has 3 rings (SSSR count). The van der Waals surface area contributed by atoms with Crippen LogP contribution in [0.5, 0.6) is 0 Å². The fraction of sp³-hybridized carbons (Fsp3) is 0.462. The Bertz CT molecular complexity index is 548. The topological polar surface area (TPSA) is 20.5 Å². The molecule has 0 N–H and O–H groups in total. The van der Waals surface area contributed by atoms with E-state index in [1.807, 2.05) is 17.8 Å². The first-order chi connectivity index (χ1) is 8.81. The van der Waals surface area contributed by atoms with Crippen molar-refractivity contribution >= 4 is 39.2 Å². The summed E-state index contributed by atoms with van der Waals surface area (Å²) in [7, 11) is 2.17. The smallest absolute Gasteiger partial charge is 0.152 e. The molecule has 0 aromatic carbocycles. The van der Waals surface area contributed by atoms with E-state index in [1.54, 1.807) is 0 Å². The second kappa shape index (κ2) is 5.13. The number of rotatable bonds is 3. The van der Waals surface area contributed by atoms with Gasteiger partial charge in [0.2, 0.25) is 0 Å². The summed E-state index contributed by atoms with van der Waals surface area (Å²) in [4.78, 5) is 7.13. The lowest BCUT2D eigenvalue weighted by atomic mass is 10.2. The van der Waals surface area contributed by atoms with E-state index < -0.39 is 0 Å². The molecule has 1 aliphatic heterocycles. The van der Waals surface area contributed by atoms with Gasteiger partial charge < -0.3 is 9.30 Å². The molecular formula is C13H16BrN3S. The number of imidazole rings is 1. The van der Waals surface area contributed by atoms with Crippen LogP contribution in [0.15, 0.2) is 24.4 Å². The van der Waals surface area contributed by atoms with Gasteiger partial charge in [0.1, 0.15) is 5.65 Å². The van der Waals surface area contributed by atoms with E-state index in [0.29, 0.717) is 6.04 Å². The average molecular weight is 326 g/mol. The summed E-state index contributed by atoms with van der Waals surface area (Å²) < 4.78 is 2.17. The lowest BCUT2D eigenvalue weighted by Crippen LogP contribution is -2.32. The number of pyridine rings is 1. The van der Waals surface area contributed by atoms with Gasteiger partial charge in [0, 0.05) is 30.4 Å². The molecule has 1 saturated heterocycles. The van der Waals surface area contributed by atoms with Crippen LogP contribution in [-0.2, 0) is 5.33 Å². The quantitative estimate of drug-likeness (QED) is 0.808. The largest absolute Gasteiger partial charge is 0.354 e. The molecule has 2 aromatic rings. The number of hydrogen-bond donors (Lipinski definition) is 0. The van der Waals surface area contributed by atoms with Gasteiger partial charge in [-0.25, -0.2) is 4.98 Å². The van der Waals surface area contributed by atoms with E-state index in [1.165, 1.54) is 23.6 Å². The fourth-order valence-corrected chi connectivity index (χ4v) is 4.23. The van der Waals surface area contributed by atoms with E-state index in [2.05, 4.69) is 50.6 Å². The van der Waals surface area contributed by atoms with Crippen molar-refractivity contribution in [2.75, 3.05) is 23.5 Å². The van der Waals surface area contributed by atoms with Crippen LogP contribution in [0, 0.1) is 0 Å². The van der Waals surface area contributed by atoms with Crippen LogP contribution in [0.25, 0.3) is 5.65 Å². The van der Waals surface area contributed by atoms with Crippen molar-refractivity contribution in [1.82, 2.24) is 9.38 Å². The van der Waals surface area contributed by atoms with Gasteiger partial charge in [-0.2, -0.15) is 11.8 Å². The number of thioether (sulfide) groups is 1. The second-order valence-electron chi connectivity index (χ2n) is 4.57. The zero-order chi connectivity index (χ0) is 12.5. The fourth-order valence-electron chi connectivity index (χ4n) is 2.44. The number of anilines is 1.